The second-order valence-corrected chi connectivity index (χ2v) is 6.50. The molecule has 20 heavy (non-hydrogen) atoms. The van der Waals surface area contributed by atoms with E-state index in [4.69, 9.17) is 4.74 Å². The summed E-state index contributed by atoms with van der Waals surface area (Å²) in [5, 5.41) is 0. The van der Waals surface area contributed by atoms with Crippen LogP contribution in [0, 0.1) is 0 Å². The van der Waals surface area contributed by atoms with E-state index in [0.717, 1.165) is 50.9 Å². The van der Waals surface area contributed by atoms with Crippen molar-refractivity contribution in [3.8, 4) is 0 Å². The molecule has 3 rings (SSSR count). The average Bonchev–Trinajstić information content (AvgIpc) is 2.73. The molecule has 0 unspecified atom stereocenters. The van der Waals surface area contributed by atoms with Crippen LogP contribution >= 0.6 is 11.8 Å². The molecule has 2 saturated heterocycles. The Morgan fingerprint density at radius 2 is 1.95 bits per heavy atom. The summed E-state index contributed by atoms with van der Waals surface area (Å²) in [5.74, 6) is 4.47. The monoisotopic (exact) mass is 294 g/mol. The maximum absolute atomic E-state index is 5.56. The van der Waals surface area contributed by atoms with Gasteiger partial charge in [-0.15, -0.1) is 0 Å². The van der Waals surface area contributed by atoms with E-state index in [0.29, 0.717) is 6.04 Å². The van der Waals surface area contributed by atoms with Crippen LogP contribution in [0.2, 0.25) is 0 Å². The highest BCUT2D eigenvalue weighted by molar-refractivity contribution is 7.99. The van der Waals surface area contributed by atoms with E-state index >= 15 is 0 Å². The van der Waals surface area contributed by atoms with Crippen molar-refractivity contribution < 1.29 is 4.74 Å². The summed E-state index contributed by atoms with van der Waals surface area (Å²) in [7, 11) is 0. The van der Waals surface area contributed by atoms with Crippen LogP contribution in [0.5, 0.6) is 0 Å². The van der Waals surface area contributed by atoms with Gasteiger partial charge in [0.15, 0.2) is 0 Å². The van der Waals surface area contributed by atoms with Gasteiger partial charge in [-0.05, 0) is 13.3 Å². The van der Waals surface area contributed by atoms with E-state index in [9.17, 15) is 0 Å². The fourth-order valence-corrected chi connectivity index (χ4v) is 3.60. The summed E-state index contributed by atoms with van der Waals surface area (Å²) < 4.78 is 5.56. The van der Waals surface area contributed by atoms with Crippen LogP contribution < -0.4 is 9.80 Å². The number of hydrogen-bond acceptors (Lipinski definition) is 6. The number of rotatable bonds is 2. The molecule has 0 aromatic carbocycles. The molecule has 2 aliphatic heterocycles. The molecular weight excluding hydrogens is 272 g/mol. The molecule has 0 saturated carbocycles. The lowest BCUT2D eigenvalue weighted by atomic mass is 10.2. The Bertz CT molecular complexity index is 439. The van der Waals surface area contributed by atoms with E-state index in [1.807, 2.05) is 11.8 Å². The first-order valence-electron chi connectivity index (χ1n) is 7.34. The fourth-order valence-electron chi connectivity index (χ4n) is 2.70. The van der Waals surface area contributed by atoms with Gasteiger partial charge in [-0.1, -0.05) is 0 Å². The molecule has 6 heteroatoms. The van der Waals surface area contributed by atoms with E-state index in [1.54, 1.807) is 6.33 Å². The third-order valence-electron chi connectivity index (χ3n) is 3.96. The molecule has 3 heterocycles. The van der Waals surface area contributed by atoms with Crippen molar-refractivity contribution in [2.24, 2.45) is 0 Å². The fraction of sp³-hybridized carbons (Fsp3) is 0.714. The van der Waals surface area contributed by atoms with Crippen LogP contribution in [-0.4, -0.2) is 60.4 Å². The van der Waals surface area contributed by atoms with Crippen LogP contribution in [0.1, 0.15) is 13.3 Å². The molecule has 5 nitrogen and oxygen atoms in total. The summed E-state index contributed by atoms with van der Waals surface area (Å²) >= 11 is 2.02. The molecule has 0 aliphatic carbocycles. The van der Waals surface area contributed by atoms with E-state index < -0.39 is 0 Å². The Morgan fingerprint density at radius 3 is 2.80 bits per heavy atom. The molecule has 0 bridgehead atoms. The van der Waals surface area contributed by atoms with Gasteiger partial charge in [0.25, 0.3) is 0 Å². The van der Waals surface area contributed by atoms with Crippen molar-refractivity contribution in [1.29, 1.82) is 0 Å². The van der Waals surface area contributed by atoms with E-state index in [2.05, 4.69) is 32.8 Å². The lowest BCUT2D eigenvalue weighted by molar-refractivity contribution is 0.150. The Morgan fingerprint density at radius 1 is 1.15 bits per heavy atom. The van der Waals surface area contributed by atoms with Crippen molar-refractivity contribution in [1.82, 2.24) is 9.97 Å². The van der Waals surface area contributed by atoms with Crippen LogP contribution in [0.15, 0.2) is 12.4 Å². The number of aromatic nitrogens is 2. The van der Waals surface area contributed by atoms with Gasteiger partial charge in [-0.3, -0.25) is 0 Å². The van der Waals surface area contributed by atoms with E-state index in [-0.39, 0.29) is 0 Å². The predicted octanol–water partition coefficient (Wildman–Crippen LogP) is 1.65. The summed E-state index contributed by atoms with van der Waals surface area (Å²) in [4.78, 5) is 13.6. The SMILES string of the molecule is C[C@H]1CCOCCN1c1cc(N2CCSCC2)ncn1. The molecule has 1 aromatic heterocycles. The quantitative estimate of drug-likeness (QED) is 0.826. The Hall–Kier alpha value is -1.01. The molecule has 2 fully saturated rings. The maximum Gasteiger partial charge on any atom is 0.134 e. The largest absolute Gasteiger partial charge is 0.380 e. The highest BCUT2D eigenvalue weighted by Crippen LogP contribution is 2.23. The minimum absolute atomic E-state index is 0.470. The van der Waals surface area contributed by atoms with Crippen LogP contribution in [0.25, 0.3) is 0 Å². The van der Waals surface area contributed by atoms with Crippen molar-refractivity contribution in [2.75, 3.05) is 54.2 Å². The number of ether oxygens (including phenoxy) is 1. The van der Waals surface area contributed by atoms with Gasteiger partial charge in [0, 0.05) is 49.9 Å². The smallest absolute Gasteiger partial charge is 0.134 e. The first-order chi connectivity index (χ1) is 9.84. The molecule has 1 atom stereocenters. The molecule has 2 aliphatic rings. The zero-order valence-corrected chi connectivity index (χ0v) is 12.8. The standard InChI is InChI=1S/C14H22N4OS/c1-12-2-6-19-7-3-18(12)14-10-13(15-11-16-14)17-4-8-20-9-5-17/h10-12H,2-9H2,1H3/t12-/m0/s1. The van der Waals surface area contributed by atoms with Gasteiger partial charge >= 0.3 is 0 Å². The maximum atomic E-state index is 5.56. The Kier molecular flexibility index (Phi) is 4.62. The second kappa shape index (κ2) is 6.63. The van der Waals surface area contributed by atoms with Gasteiger partial charge < -0.3 is 14.5 Å². The zero-order valence-electron chi connectivity index (χ0n) is 12.0. The summed E-state index contributed by atoms with van der Waals surface area (Å²) in [6, 6.07) is 2.61. The number of thioether (sulfide) groups is 1. The van der Waals surface area contributed by atoms with Crippen molar-refractivity contribution >= 4 is 23.4 Å². The molecule has 0 radical (unpaired) electrons. The van der Waals surface area contributed by atoms with Crippen molar-refractivity contribution in [2.45, 2.75) is 19.4 Å². The van der Waals surface area contributed by atoms with Crippen molar-refractivity contribution in [3.63, 3.8) is 0 Å². The van der Waals surface area contributed by atoms with Gasteiger partial charge in [0.1, 0.15) is 18.0 Å². The van der Waals surface area contributed by atoms with Gasteiger partial charge in [-0.2, -0.15) is 11.8 Å². The molecular formula is C14H22N4OS. The lowest BCUT2D eigenvalue weighted by Crippen LogP contribution is -2.36. The Labute approximate surface area is 124 Å². The molecule has 1 aromatic rings. The van der Waals surface area contributed by atoms with Gasteiger partial charge in [-0.25, -0.2) is 9.97 Å². The summed E-state index contributed by atoms with van der Waals surface area (Å²) in [6.45, 7) is 6.95. The first-order valence-corrected chi connectivity index (χ1v) is 8.49. The normalized spacial score (nSPS) is 24.6. The molecule has 0 spiro atoms. The molecule has 110 valence electrons. The number of nitrogens with zero attached hydrogens (tertiary/aromatic N) is 4. The van der Waals surface area contributed by atoms with Crippen LogP contribution in [-0.2, 0) is 4.74 Å². The minimum atomic E-state index is 0.470. The predicted molar refractivity (Wildman–Crippen MR) is 83.8 cm³/mol. The lowest BCUT2D eigenvalue weighted by Gasteiger charge is -2.30. The molecule has 0 amide bonds. The van der Waals surface area contributed by atoms with Crippen molar-refractivity contribution in [3.05, 3.63) is 12.4 Å². The third kappa shape index (κ3) is 3.17. The summed E-state index contributed by atoms with van der Waals surface area (Å²) in [6.07, 6.45) is 2.75. The van der Waals surface area contributed by atoms with E-state index in [1.165, 1.54) is 11.5 Å². The third-order valence-corrected chi connectivity index (χ3v) is 4.90. The van der Waals surface area contributed by atoms with Crippen LogP contribution in [0.4, 0.5) is 11.6 Å². The summed E-state index contributed by atoms with van der Waals surface area (Å²) in [5.41, 5.74) is 0. The highest BCUT2D eigenvalue weighted by atomic mass is 32.2. The first kappa shape index (κ1) is 13.9. The van der Waals surface area contributed by atoms with Gasteiger partial charge in [0.05, 0.1) is 6.61 Å². The topological polar surface area (TPSA) is 41.5 Å². The number of anilines is 2. The van der Waals surface area contributed by atoms with Gasteiger partial charge in [0.2, 0.25) is 0 Å². The highest BCUT2D eigenvalue weighted by Gasteiger charge is 2.20. The minimum Gasteiger partial charge on any atom is -0.380 e. The molecule has 0 N–H and O–H groups in total. The average molecular weight is 294 g/mol. The zero-order chi connectivity index (χ0) is 13.8. The number of hydrogen-bond donors (Lipinski definition) is 0. The Balaban J connectivity index is 1.78. The second-order valence-electron chi connectivity index (χ2n) is 5.28. The van der Waals surface area contributed by atoms with Crippen LogP contribution in [0.3, 0.4) is 0 Å².